The molecule has 0 radical (unpaired) electrons. The van der Waals surface area contributed by atoms with Crippen LogP contribution < -0.4 is 15.0 Å². The maximum atomic E-state index is 12.9. The van der Waals surface area contributed by atoms with E-state index in [-0.39, 0.29) is 5.91 Å². The largest absolute Gasteiger partial charge is 0.493 e. The number of rotatable bonds is 7. The third kappa shape index (κ3) is 4.80. The Bertz CT molecular complexity index is 1060. The molecule has 2 saturated heterocycles. The molecule has 6 rings (SSSR count). The number of carbonyl (C=O) groups is 1. The molecular formula is C30H39N3O2. The average Bonchev–Trinajstić information content (AvgIpc) is 3.24. The summed E-state index contributed by atoms with van der Waals surface area (Å²) >= 11 is 0. The molecule has 4 fully saturated rings. The van der Waals surface area contributed by atoms with Crippen LogP contribution in [0.5, 0.6) is 5.75 Å². The van der Waals surface area contributed by atoms with Crippen molar-refractivity contribution in [2.45, 2.75) is 76.3 Å². The van der Waals surface area contributed by atoms with Crippen LogP contribution in [0.25, 0.3) is 0 Å². The number of hydrogen-bond donors (Lipinski definition) is 1. The van der Waals surface area contributed by atoms with Crippen LogP contribution >= 0.6 is 0 Å². The van der Waals surface area contributed by atoms with Gasteiger partial charge in [0.25, 0.3) is 5.91 Å². The van der Waals surface area contributed by atoms with Crippen LogP contribution in [-0.2, 0) is 0 Å². The van der Waals surface area contributed by atoms with Gasteiger partial charge >= 0.3 is 0 Å². The lowest BCUT2D eigenvalue weighted by atomic mass is 9.93. The van der Waals surface area contributed by atoms with Crippen molar-refractivity contribution in [3.05, 3.63) is 53.6 Å². The second-order valence-electron chi connectivity index (χ2n) is 11.4. The minimum absolute atomic E-state index is 0.0760. The first kappa shape index (κ1) is 22.9. The average molecular weight is 474 g/mol. The Kier molecular flexibility index (Phi) is 6.21. The fraction of sp³-hybridized carbons (Fsp3) is 0.567. The Morgan fingerprint density at radius 1 is 1.00 bits per heavy atom. The smallest absolute Gasteiger partial charge is 0.255 e. The van der Waals surface area contributed by atoms with Gasteiger partial charge in [-0.15, -0.1) is 0 Å². The molecule has 2 aromatic rings. The second kappa shape index (κ2) is 9.50. The van der Waals surface area contributed by atoms with Crippen LogP contribution in [0.3, 0.4) is 0 Å². The van der Waals surface area contributed by atoms with Crippen molar-refractivity contribution in [1.82, 2.24) is 4.90 Å². The minimum Gasteiger partial charge on any atom is -0.493 e. The summed E-state index contributed by atoms with van der Waals surface area (Å²) in [4.78, 5) is 18.3. The van der Waals surface area contributed by atoms with Gasteiger partial charge in [0, 0.05) is 41.6 Å². The number of carbonyl (C=O) groups excluding carboxylic acids is 1. The van der Waals surface area contributed by atoms with Gasteiger partial charge in [-0.3, -0.25) is 9.69 Å². The highest BCUT2D eigenvalue weighted by atomic mass is 16.5. The third-order valence-electron chi connectivity index (χ3n) is 8.87. The number of hydrogen-bond acceptors (Lipinski definition) is 4. The van der Waals surface area contributed by atoms with Gasteiger partial charge in [-0.1, -0.05) is 12.8 Å². The molecule has 2 saturated carbocycles. The molecule has 0 aromatic heterocycles. The molecule has 1 spiro atoms. The van der Waals surface area contributed by atoms with Gasteiger partial charge in [-0.2, -0.15) is 0 Å². The molecule has 0 bridgehead atoms. The van der Waals surface area contributed by atoms with Crippen molar-refractivity contribution in [1.29, 1.82) is 0 Å². The Hall–Kier alpha value is -2.53. The lowest BCUT2D eigenvalue weighted by molar-refractivity contribution is 0.102. The Morgan fingerprint density at radius 2 is 1.80 bits per heavy atom. The molecule has 2 aliphatic heterocycles. The first-order valence-electron chi connectivity index (χ1n) is 13.8. The van der Waals surface area contributed by atoms with Crippen LogP contribution in [0.15, 0.2) is 42.5 Å². The van der Waals surface area contributed by atoms with Gasteiger partial charge in [0.15, 0.2) is 0 Å². The van der Waals surface area contributed by atoms with Crippen molar-refractivity contribution in [2.24, 2.45) is 5.92 Å². The summed E-state index contributed by atoms with van der Waals surface area (Å²) in [5, 5.41) is 3.11. The summed E-state index contributed by atoms with van der Waals surface area (Å²) in [5.74, 6) is 1.48. The molecule has 1 unspecified atom stereocenters. The predicted octanol–water partition coefficient (Wildman–Crippen LogP) is 6.02. The number of ether oxygens (including phenoxy) is 1. The van der Waals surface area contributed by atoms with E-state index in [1.54, 1.807) is 0 Å². The third-order valence-corrected chi connectivity index (χ3v) is 8.87. The Morgan fingerprint density at radius 3 is 2.54 bits per heavy atom. The molecule has 186 valence electrons. The van der Waals surface area contributed by atoms with E-state index in [2.05, 4.69) is 40.2 Å². The molecule has 2 heterocycles. The molecule has 1 amide bonds. The number of benzene rings is 2. The van der Waals surface area contributed by atoms with Crippen LogP contribution in [-0.4, -0.2) is 48.6 Å². The van der Waals surface area contributed by atoms with Crippen LogP contribution in [0.1, 0.15) is 73.7 Å². The van der Waals surface area contributed by atoms with Crippen LogP contribution in [0, 0.1) is 12.8 Å². The second-order valence-corrected chi connectivity index (χ2v) is 11.4. The number of nitrogens with zero attached hydrogens (tertiary/aromatic N) is 2. The van der Waals surface area contributed by atoms with E-state index in [0.29, 0.717) is 11.1 Å². The van der Waals surface area contributed by atoms with E-state index in [1.807, 2.05) is 24.3 Å². The number of anilines is 2. The monoisotopic (exact) mass is 473 g/mol. The zero-order valence-electron chi connectivity index (χ0n) is 21.1. The Balaban J connectivity index is 1.09. The molecular weight excluding hydrogens is 434 g/mol. The quantitative estimate of drug-likeness (QED) is 0.534. The van der Waals surface area contributed by atoms with E-state index in [9.17, 15) is 4.79 Å². The van der Waals surface area contributed by atoms with Crippen LogP contribution in [0.4, 0.5) is 11.4 Å². The summed E-state index contributed by atoms with van der Waals surface area (Å²) in [7, 11) is 0. The predicted molar refractivity (Wildman–Crippen MR) is 142 cm³/mol. The van der Waals surface area contributed by atoms with Crippen molar-refractivity contribution in [3.8, 4) is 5.75 Å². The zero-order valence-corrected chi connectivity index (χ0v) is 21.1. The molecule has 5 heteroatoms. The summed E-state index contributed by atoms with van der Waals surface area (Å²) in [5.41, 5.74) is 4.31. The molecule has 4 aliphatic rings. The summed E-state index contributed by atoms with van der Waals surface area (Å²) in [6.45, 7) is 6.44. The van der Waals surface area contributed by atoms with Gasteiger partial charge in [-0.05, 0) is 112 Å². The molecule has 2 aliphatic carbocycles. The maximum Gasteiger partial charge on any atom is 0.255 e. The molecule has 5 nitrogen and oxygen atoms in total. The first-order valence-corrected chi connectivity index (χ1v) is 13.8. The fourth-order valence-electron chi connectivity index (χ4n) is 6.64. The summed E-state index contributed by atoms with van der Waals surface area (Å²) < 4.78 is 5.79. The number of nitrogens with one attached hydrogen (secondary N) is 1. The van der Waals surface area contributed by atoms with E-state index in [1.165, 1.54) is 70.0 Å². The van der Waals surface area contributed by atoms with Crippen molar-refractivity contribution in [2.75, 3.05) is 36.5 Å². The lowest BCUT2D eigenvalue weighted by Gasteiger charge is -2.39. The lowest BCUT2D eigenvalue weighted by Crippen LogP contribution is -2.50. The van der Waals surface area contributed by atoms with Gasteiger partial charge in [0.1, 0.15) is 5.75 Å². The zero-order chi connectivity index (χ0) is 23.8. The highest BCUT2D eigenvalue weighted by Gasteiger charge is 2.48. The summed E-state index contributed by atoms with van der Waals surface area (Å²) in [6, 6.07) is 14.8. The van der Waals surface area contributed by atoms with Crippen molar-refractivity contribution in [3.63, 3.8) is 0 Å². The van der Waals surface area contributed by atoms with Gasteiger partial charge in [0.05, 0.1) is 6.61 Å². The highest BCUT2D eigenvalue weighted by molar-refractivity contribution is 6.04. The van der Waals surface area contributed by atoms with E-state index in [4.69, 9.17) is 4.74 Å². The SMILES string of the molecule is Cc1cc(N2CCC3(CCCN3C3CCCC3)C2)ccc1NC(=O)c1ccc(OCC2CC2)cc1. The molecule has 1 N–H and O–H groups in total. The van der Waals surface area contributed by atoms with Gasteiger partial charge < -0.3 is 15.0 Å². The van der Waals surface area contributed by atoms with Crippen molar-refractivity contribution >= 4 is 17.3 Å². The highest BCUT2D eigenvalue weighted by Crippen LogP contribution is 2.43. The van der Waals surface area contributed by atoms with E-state index >= 15 is 0 Å². The standard InChI is InChI=1S/C30H39N3O2/c1-22-19-26(32-18-16-30(21-32)15-4-17-33(30)25-5-2-3-6-25)11-14-28(22)31-29(34)24-9-12-27(13-10-24)35-20-23-7-8-23/h9-14,19,23,25H,2-8,15-18,20-21H2,1H3,(H,31,34). The van der Waals surface area contributed by atoms with Gasteiger partial charge in [-0.25, -0.2) is 0 Å². The molecule has 1 atom stereocenters. The van der Waals surface area contributed by atoms with Gasteiger partial charge in [0.2, 0.25) is 0 Å². The summed E-state index contributed by atoms with van der Waals surface area (Å²) in [6.07, 6.45) is 12.1. The minimum atomic E-state index is -0.0760. The number of aryl methyl sites for hydroxylation is 1. The fourth-order valence-corrected chi connectivity index (χ4v) is 6.64. The van der Waals surface area contributed by atoms with E-state index < -0.39 is 0 Å². The molecule has 2 aromatic carbocycles. The van der Waals surface area contributed by atoms with Crippen LogP contribution in [0.2, 0.25) is 0 Å². The first-order chi connectivity index (χ1) is 17.1. The van der Waals surface area contributed by atoms with Crippen molar-refractivity contribution < 1.29 is 9.53 Å². The normalized spacial score (nSPS) is 25.0. The molecule has 35 heavy (non-hydrogen) atoms. The van der Waals surface area contributed by atoms with E-state index in [0.717, 1.165) is 48.7 Å². The maximum absolute atomic E-state index is 12.9. The number of likely N-dealkylation sites (tertiary alicyclic amines) is 1. The topological polar surface area (TPSA) is 44.8 Å². The Labute approximate surface area is 209 Å². The number of amides is 1.